The number of carboxylic acids is 1. The van der Waals surface area contributed by atoms with Gasteiger partial charge in [-0.05, 0) is 24.3 Å². The summed E-state index contributed by atoms with van der Waals surface area (Å²) in [6.07, 6.45) is 1.13. The van der Waals surface area contributed by atoms with E-state index in [9.17, 15) is 19.2 Å². The Kier molecular flexibility index (Phi) is 4.72. The second-order valence-electron chi connectivity index (χ2n) is 5.99. The molecule has 2 heterocycles. The normalized spacial score (nSPS) is 20.0. The van der Waals surface area contributed by atoms with Crippen LogP contribution in [0.25, 0.3) is 0 Å². The van der Waals surface area contributed by atoms with E-state index < -0.39 is 23.7 Å². The maximum absolute atomic E-state index is 12.1. The van der Waals surface area contributed by atoms with Crippen molar-refractivity contribution in [2.45, 2.75) is 6.42 Å². The lowest BCUT2D eigenvalue weighted by Gasteiger charge is -2.17. The zero-order valence-electron chi connectivity index (χ0n) is 13.7. The molecule has 9 nitrogen and oxygen atoms in total. The molecule has 0 aromatic heterocycles. The number of carbonyl (C=O) groups excluding carboxylic acids is 3. The lowest BCUT2D eigenvalue weighted by molar-refractivity contribution is -0.141. The van der Waals surface area contributed by atoms with E-state index >= 15 is 0 Å². The fourth-order valence-electron chi connectivity index (χ4n) is 2.91. The van der Waals surface area contributed by atoms with Gasteiger partial charge in [-0.2, -0.15) is 0 Å². The van der Waals surface area contributed by atoms with Gasteiger partial charge < -0.3 is 20.4 Å². The first kappa shape index (κ1) is 17.6. The first-order valence-corrected chi connectivity index (χ1v) is 7.99. The van der Waals surface area contributed by atoms with E-state index in [4.69, 9.17) is 10.2 Å². The summed E-state index contributed by atoms with van der Waals surface area (Å²) in [5.74, 6) is -2.98. The molecule has 136 valence electrons. The van der Waals surface area contributed by atoms with Crippen molar-refractivity contribution in [2.75, 3.05) is 29.9 Å². The van der Waals surface area contributed by atoms with E-state index in [0.29, 0.717) is 11.4 Å². The van der Waals surface area contributed by atoms with Gasteiger partial charge in [-0.15, -0.1) is 0 Å². The quantitative estimate of drug-likeness (QED) is 0.599. The average Bonchev–Trinajstić information content (AvgIpc) is 3.12. The Morgan fingerprint density at radius 2 is 1.88 bits per heavy atom. The fraction of sp³-hybridized carbons (Fsp3) is 0.294. The number of anilines is 2. The first-order chi connectivity index (χ1) is 12.4. The average molecular weight is 359 g/mol. The van der Waals surface area contributed by atoms with Gasteiger partial charge in [0.15, 0.2) is 0 Å². The van der Waals surface area contributed by atoms with Crippen LogP contribution in [0.1, 0.15) is 6.42 Å². The highest BCUT2D eigenvalue weighted by Crippen LogP contribution is 2.27. The van der Waals surface area contributed by atoms with E-state index in [-0.39, 0.29) is 37.7 Å². The molecular weight excluding hydrogens is 342 g/mol. The molecule has 1 aromatic carbocycles. The van der Waals surface area contributed by atoms with Gasteiger partial charge >= 0.3 is 5.97 Å². The molecule has 26 heavy (non-hydrogen) atoms. The van der Waals surface area contributed by atoms with Crippen molar-refractivity contribution in [3.8, 4) is 0 Å². The summed E-state index contributed by atoms with van der Waals surface area (Å²) < 4.78 is 0. The van der Waals surface area contributed by atoms with Gasteiger partial charge in [0.2, 0.25) is 5.91 Å². The molecule has 3 rings (SSSR count). The van der Waals surface area contributed by atoms with Crippen molar-refractivity contribution in [3.63, 3.8) is 0 Å². The number of nitrogens with zero attached hydrogens (tertiary/aromatic N) is 2. The number of rotatable bonds is 6. The molecule has 1 fully saturated rings. The van der Waals surface area contributed by atoms with Gasteiger partial charge in [0.05, 0.1) is 19.1 Å². The minimum Gasteiger partial charge on any atom is -0.481 e. The van der Waals surface area contributed by atoms with Gasteiger partial charge in [0.25, 0.3) is 11.8 Å². The molecule has 2 aliphatic heterocycles. The molecule has 3 N–H and O–H groups in total. The number of aliphatic hydroxyl groups excluding tert-OH is 1. The number of hydrogen-bond acceptors (Lipinski definition) is 6. The Morgan fingerprint density at radius 3 is 2.46 bits per heavy atom. The minimum atomic E-state index is -0.997. The maximum Gasteiger partial charge on any atom is 0.308 e. The van der Waals surface area contributed by atoms with E-state index in [1.807, 2.05) is 0 Å². The van der Waals surface area contributed by atoms with E-state index in [0.717, 1.165) is 11.0 Å². The molecule has 0 saturated carbocycles. The Morgan fingerprint density at radius 1 is 1.19 bits per heavy atom. The Bertz CT molecular complexity index is 801. The summed E-state index contributed by atoms with van der Waals surface area (Å²) in [6, 6.07) is 6.53. The summed E-state index contributed by atoms with van der Waals surface area (Å²) in [5, 5.41) is 20.8. The van der Waals surface area contributed by atoms with Crippen molar-refractivity contribution >= 4 is 35.1 Å². The topological polar surface area (TPSA) is 127 Å². The largest absolute Gasteiger partial charge is 0.481 e. The van der Waals surface area contributed by atoms with Crippen molar-refractivity contribution in [1.82, 2.24) is 4.90 Å². The molecule has 0 spiro atoms. The third-order valence-corrected chi connectivity index (χ3v) is 4.27. The van der Waals surface area contributed by atoms with Gasteiger partial charge in [-0.1, -0.05) is 0 Å². The number of benzene rings is 1. The third-order valence-electron chi connectivity index (χ3n) is 4.27. The zero-order valence-corrected chi connectivity index (χ0v) is 13.7. The molecule has 0 radical (unpaired) electrons. The number of carbonyl (C=O) groups is 4. The molecule has 0 aliphatic carbocycles. The van der Waals surface area contributed by atoms with Crippen molar-refractivity contribution < 1.29 is 29.4 Å². The standard InChI is InChI=1S/C17H17N3O6/c21-6-5-19-15(23)8-13(16(19)24)18-11-1-3-12(4-2-11)20-9-10(17(25)26)7-14(20)22/h1-4,8,10,18,21H,5-7,9H2,(H,25,26). The second kappa shape index (κ2) is 6.96. The third kappa shape index (κ3) is 3.29. The van der Waals surface area contributed by atoms with E-state index in [1.165, 1.54) is 4.90 Å². The van der Waals surface area contributed by atoms with E-state index in [1.54, 1.807) is 24.3 Å². The van der Waals surface area contributed by atoms with Crippen LogP contribution >= 0.6 is 0 Å². The summed E-state index contributed by atoms with van der Waals surface area (Å²) >= 11 is 0. The van der Waals surface area contributed by atoms with Crippen LogP contribution in [0, 0.1) is 5.92 Å². The van der Waals surface area contributed by atoms with Gasteiger partial charge in [-0.3, -0.25) is 24.1 Å². The smallest absolute Gasteiger partial charge is 0.308 e. The highest BCUT2D eigenvalue weighted by atomic mass is 16.4. The van der Waals surface area contributed by atoms with Crippen LogP contribution in [0.3, 0.4) is 0 Å². The number of aliphatic hydroxyl groups is 1. The number of nitrogens with one attached hydrogen (secondary N) is 1. The summed E-state index contributed by atoms with van der Waals surface area (Å²) in [6.45, 7) is -0.260. The van der Waals surface area contributed by atoms with Gasteiger partial charge in [0.1, 0.15) is 5.70 Å². The summed E-state index contributed by atoms with van der Waals surface area (Å²) in [5.41, 5.74) is 1.20. The lowest BCUT2D eigenvalue weighted by Crippen LogP contribution is -2.34. The Hall–Kier alpha value is -3.20. The highest BCUT2D eigenvalue weighted by Gasteiger charge is 2.35. The molecule has 9 heteroatoms. The second-order valence-corrected chi connectivity index (χ2v) is 5.99. The lowest BCUT2D eigenvalue weighted by atomic mass is 10.1. The molecule has 1 atom stereocenters. The molecule has 1 aromatic rings. The van der Waals surface area contributed by atoms with Gasteiger partial charge in [0, 0.05) is 30.4 Å². The molecule has 3 amide bonds. The van der Waals surface area contributed by atoms with Crippen LogP contribution < -0.4 is 10.2 Å². The van der Waals surface area contributed by atoms with Crippen molar-refractivity contribution in [2.24, 2.45) is 5.92 Å². The number of carboxylic acid groups (broad SMARTS) is 1. The summed E-state index contributed by atoms with van der Waals surface area (Å²) in [7, 11) is 0. The SMILES string of the molecule is O=C(O)C1CC(=O)N(c2ccc(NC3=CC(=O)N(CCO)C3=O)cc2)C1. The predicted molar refractivity (Wildman–Crippen MR) is 90.0 cm³/mol. The zero-order chi connectivity index (χ0) is 18.8. The molecule has 2 aliphatic rings. The molecule has 1 saturated heterocycles. The molecule has 1 unspecified atom stereocenters. The van der Waals surface area contributed by atoms with Gasteiger partial charge in [-0.25, -0.2) is 0 Å². The van der Waals surface area contributed by atoms with Crippen molar-refractivity contribution in [1.29, 1.82) is 0 Å². The van der Waals surface area contributed by atoms with Crippen LogP contribution in [0.15, 0.2) is 36.0 Å². The summed E-state index contributed by atoms with van der Waals surface area (Å²) in [4.78, 5) is 49.1. The van der Waals surface area contributed by atoms with Crippen LogP contribution in [0.5, 0.6) is 0 Å². The van der Waals surface area contributed by atoms with Crippen LogP contribution in [-0.2, 0) is 19.2 Å². The predicted octanol–water partition coefficient (Wildman–Crippen LogP) is -0.219. The number of imide groups is 1. The fourth-order valence-corrected chi connectivity index (χ4v) is 2.91. The number of aliphatic carboxylic acids is 1. The number of β-amino-alcohol motifs (C(OH)–C–C–N with tert-alkyl or cyclic N) is 1. The maximum atomic E-state index is 12.1. The number of amides is 3. The Labute approximate surface area is 148 Å². The van der Waals surface area contributed by atoms with Crippen LogP contribution in [-0.4, -0.2) is 58.5 Å². The van der Waals surface area contributed by atoms with Crippen molar-refractivity contribution in [3.05, 3.63) is 36.0 Å². The monoisotopic (exact) mass is 359 g/mol. The minimum absolute atomic E-state index is 0.0282. The number of hydrogen-bond donors (Lipinski definition) is 3. The molecular formula is C17H17N3O6. The highest BCUT2D eigenvalue weighted by molar-refractivity contribution is 6.17. The van der Waals surface area contributed by atoms with E-state index in [2.05, 4.69) is 5.32 Å². The van der Waals surface area contributed by atoms with Crippen LogP contribution in [0.2, 0.25) is 0 Å². The first-order valence-electron chi connectivity index (χ1n) is 7.99. The Balaban J connectivity index is 1.68. The molecule has 0 bridgehead atoms. The van der Waals surface area contributed by atoms with Crippen LogP contribution in [0.4, 0.5) is 11.4 Å².